The second-order valence-electron chi connectivity index (χ2n) is 3.74. The SMILES string of the molecule is C1CNCCN1.C1CNCCN1.O=C(O)S(=O)(=O)O. The lowest BCUT2D eigenvalue weighted by Crippen LogP contribution is -2.39. The van der Waals surface area contributed by atoms with E-state index in [0.717, 1.165) is 52.4 Å². The van der Waals surface area contributed by atoms with E-state index in [2.05, 4.69) is 21.3 Å². The van der Waals surface area contributed by atoms with Gasteiger partial charge in [0.15, 0.2) is 0 Å². The standard InChI is InChI=1S/2C4H10N2.CH2O5S/c2*1-2-6-4-3-5-1;2-1(3)7(4,5)6/h2*5-6H,1-4H2;(H,2,3)(H,4,5,6). The van der Waals surface area contributed by atoms with Crippen molar-refractivity contribution in [2.75, 3.05) is 52.4 Å². The molecule has 19 heavy (non-hydrogen) atoms. The van der Waals surface area contributed by atoms with E-state index in [1.54, 1.807) is 0 Å². The molecule has 0 amide bonds. The molecule has 0 aliphatic carbocycles. The summed E-state index contributed by atoms with van der Waals surface area (Å²) < 4.78 is 26.0. The molecular formula is C9H22N4O5S. The van der Waals surface area contributed by atoms with E-state index >= 15 is 0 Å². The van der Waals surface area contributed by atoms with Gasteiger partial charge in [0.05, 0.1) is 0 Å². The molecule has 2 heterocycles. The number of piperazine rings is 2. The first-order chi connectivity index (χ1) is 8.94. The van der Waals surface area contributed by atoms with Crippen molar-refractivity contribution in [3.63, 3.8) is 0 Å². The minimum absolute atomic E-state index is 1.14. The minimum Gasteiger partial charge on any atom is -0.468 e. The first-order valence-electron chi connectivity index (χ1n) is 5.98. The Morgan fingerprint density at radius 3 is 0.947 bits per heavy atom. The highest BCUT2D eigenvalue weighted by Crippen LogP contribution is 1.79. The molecule has 0 spiro atoms. The Morgan fingerprint density at radius 1 is 0.737 bits per heavy atom. The summed E-state index contributed by atoms with van der Waals surface area (Å²) in [6.45, 7) is 9.11. The summed E-state index contributed by atoms with van der Waals surface area (Å²) in [4.78, 5) is 9.18. The van der Waals surface area contributed by atoms with Gasteiger partial charge in [0.25, 0.3) is 0 Å². The number of hydrogen-bond acceptors (Lipinski definition) is 7. The lowest BCUT2D eigenvalue weighted by Gasteiger charge is -2.11. The second-order valence-corrected chi connectivity index (χ2v) is 5.04. The average Bonchev–Trinajstić information content (AvgIpc) is 2.43. The second kappa shape index (κ2) is 11.1. The molecule has 9 nitrogen and oxygen atoms in total. The lowest BCUT2D eigenvalue weighted by atomic mass is 10.4. The number of carboxylic acid groups (broad SMARTS) is 1. The number of rotatable bonds is 0. The van der Waals surface area contributed by atoms with E-state index in [0.29, 0.717) is 0 Å². The van der Waals surface area contributed by atoms with Gasteiger partial charge in [0.2, 0.25) is 0 Å². The predicted molar refractivity (Wildman–Crippen MR) is 71.1 cm³/mol. The normalized spacial score (nSPS) is 19.2. The zero-order chi connectivity index (χ0) is 14.6. The smallest absolute Gasteiger partial charge is 0.449 e. The monoisotopic (exact) mass is 298 g/mol. The maximum absolute atomic E-state index is 9.29. The molecule has 0 aromatic rings. The summed E-state index contributed by atoms with van der Waals surface area (Å²) in [5.41, 5.74) is 0. The third-order valence-electron chi connectivity index (χ3n) is 2.13. The van der Waals surface area contributed by atoms with Crippen molar-refractivity contribution >= 4 is 15.4 Å². The summed E-state index contributed by atoms with van der Waals surface area (Å²) in [6.07, 6.45) is 0. The molecule has 0 saturated carbocycles. The highest BCUT2D eigenvalue weighted by Gasteiger charge is 2.14. The number of nitrogens with one attached hydrogen (secondary N) is 4. The van der Waals surface area contributed by atoms with E-state index in [9.17, 15) is 13.2 Å². The summed E-state index contributed by atoms with van der Waals surface area (Å²) in [7, 11) is -4.82. The van der Waals surface area contributed by atoms with Crippen LogP contribution < -0.4 is 21.3 Å². The molecule has 2 rings (SSSR count). The van der Waals surface area contributed by atoms with Crippen LogP contribution in [-0.4, -0.2) is 75.7 Å². The number of hydrogen-bond donors (Lipinski definition) is 6. The maximum Gasteiger partial charge on any atom is 0.449 e. The maximum atomic E-state index is 9.29. The molecule has 10 heteroatoms. The van der Waals surface area contributed by atoms with Gasteiger partial charge in [0.1, 0.15) is 0 Å². The molecule has 0 bridgehead atoms. The molecule has 0 atom stereocenters. The fourth-order valence-electron chi connectivity index (χ4n) is 1.21. The van der Waals surface area contributed by atoms with Crippen molar-refractivity contribution in [3.8, 4) is 0 Å². The molecule has 2 aliphatic rings. The van der Waals surface area contributed by atoms with Gasteiger partial charge in [-0.2, -0.15) is 8.42 Å². The van der Waals surface area contributed by atoms with Crippen LogP contribution in [0.15, 0.2) is 0 Å². The molecule has 2 fully saturated rings. The van der Waals surface area contributed by atoms with Crippen molar-refractivity contribution in [2.24, 2.45) is 0 Å². The molecule has 114 valence electrons. The molecule has 0 aromatic carbocycles. The summed E-state index contributed by atoms with van der Waals surface area (Å²) in [6, 6.07) is 0. The quantitative estimate of drug-likeness (QED) is 0.278. The van der Waals surface area contributed by atoms with Crippen LogP contribution in [0.2, 0.25) is 0 Å². The third-order valence-corrected chi connectivity index (χ3v) is 2.58. The van der Waals surface area contributed by atoms with Gasteiger partial charge in [-0.25, -0.2) is 4.79 Å². The van der Waals surface area contributed by atoms with Gasteiger partial charge >= 0.3 is 15.4 Å². The first kappa shape index (κ1) is 18.2. The van der Waals surface area contributed by atoms with Crippen LogP contribution in [0.1, 0.15) is 0 Å². The Morgan fingerprint density at radius 2 is 0.895 bits per heavy atom. The lowest BCUT2D eigenvalue weighted by molar-refractivity contribution is 0.216. The summed E-state index contributed by atoms with van der Waals surface area (Å²) >= 11 is 0. The van der Waals surface area contributed by atoms with Crippen LogP contribution in [0.25, 0.3) is 0 Å². The van der Waals surface area contributed by atoms with Gasteiger partial charge in [-0.05, 0) is 0 Å². The van der Waals surface area contributed by atoms with Crippen LogP contribution in [0.3, 0.4) is 0 Å². The first-order valence-corrected chi connectivity index (χ1v) is 7.42. The zero-order valence-corrected chi connectivity index (χ0v) is 11.5. The van der Waals surface area contributed by atoms with Crippen LogP contribution in [-0.2, 0) is 10.1 Å². The van der Waals surface area contributed by atoms with Gasteiger partial charge in [-0.1, -0.05) is 0 Å². The van der Waals surface area contributed by atoms with Crippen LogP contribution in [0.4, 0.5) is 4.79 Å². The summed E-state index contributed by atoms with van der Waals surface area (Å²) in [5.74, 6) is 0. The molecule has 2 saturated heterocycles. The Hall–Kier alpha value is -0.780. The fraction of sp³-hybridized carbons (Fsp3) is 0.889. The topological polar surface area (TPSA) is 140 Å². The summed E-state index contributed by atoms with van der Waals surface area (Å²) in [5, 5.41) is 18.1. The number of carbonyl (C=O) groups is 1. The predicted octanol–water partition coefficient (Wildman–Crippen LogP) is -2.09. The van der Waals surface area contributed by atoms with Gasteiger partial charge in [-0.3, -0.25) is 4.55 Å². The molecule has 0 unspecified atom stereocenters. The van der Waals surface area contributed by atoms with Gasteiger partial charge in [-0.15, -0.1) is 0 Å². The van der Waals surface area contributed by atoms with Crippen LogP contribution in [0, 0.1) is 0 Å². The van der Waals surface area contributed by atoms with Crippen molar-refractivity contribution < 1.29 is 22.9 Å². The highest BCUT2D eigenvalue weighted by molar-refractivity contribution is 8.00. The average molecular weight is 298 g/mol. The van der Waals surface area contributed by atoms with Gasteiger partial charge in [0, 0.05) is 52.4 Å². The van der Waals surface area contributed by atoms with Crippen LogP contribution in [0.5, 0.6) is 0 Å². The van der Waals surface area contributed by atoms with E-state index in [1.807, 2.05) is 0 Å². The van der Waals surface area contributed by atoms with E-state index in [4.69, 9.17) is 9.66 Å². The largest absolute Gasteiger partial charge is 0.468 e. The van der Waals surface area contributed by atoms with Crippen molar-refractivity contribution in [3.05, 3.63) is 0 Å². The molecule has 0 aromatic heterocycles. The highest BCUT2D eigenvalue weighted by atomic mass is 32.2. The molecular weight excluding hydrogens is 276 g/mol. The Kier molecular flexibility index (Phi) is 10.6. The van der Waals surface area contributed by atoms with E-state index in [-0.39, 0.29) is 0 Å². The Balaban J connectivity index is 0.000000256. The fourth-order valence-corrected chi connectivity index (χ4v) is 1.21. The molecule has 0 radical (unpaired) electrons. The van der Waals surface area contributed by atoms with Crippen molar-refractivity contribution in [1.29, 1.82) is 0 Å². The molecule has 6 N–H and O–H groups in total. The van der Waals surface area contributed by atoms with Crippen LogP contribution >= 0.6 is 0 Å². The Labute approximate surface area is 112 Å². The van der Waals surface area contributed by atoms with Crippen molar-refractivity contribution in [2.45, 2.75) is 0 Å². The van der Waals surface area contributed by atoms with Gasteiger partial charge < -0.3 is 26.4 Å². The molecule has 2 aliphatic heterocycles. The van der Waals surface area contributed by atoms with Crippen molar-refractivity contribution in [1.82, 2.24) is 21.3 Å². The van der Waals surface area contributed by atoms with E-state index in [1.165, 1.54) is 0 Å². The zero-order valence-electron chi connectivity index (χ0n) is 10.7. The van der Waals surface area contributed by atoms with E-state index < -0.39 is 15.4 Å². The minimum atomic E-state index is -4.82. The Bertz CT molecular complexity index is 292. The third kappa shape index (κ3) is 13.5.